The first-order chi connectivity index (χ1) is 16.0. The average Bonchev–Trinajstić information content (AvgIpc) is 2.84. The second kappa shape index (κ2) is 10.9. The molecule has 2 amide bonds. The molecule has 33 heavy (non-hydrogen) atoms. The van der Waals surface area contributed by atoms with Gasteiger partial charge < -0.3 is 15.1 Å². The zero-order chi connectivity index (χ0) is 23.2. The Morgan fingerprint density at radius 1 is 0.909 bits per heavy atom. The number of rotatable bonds is 5. The van der Waals surface area contributed by atoms with Crippen LogP contribution in [0, 0.1) is 3.57 Å². The molecule has 1 fully saturated rings. The van der Waals surface area contributed by atoms with Crippen molar-refractivity contribution >= 4 is 63.5 Å². The van der Waals surface area contributed by atoms with Crippen LogP contribution in [0.25, 0.3) is 6.08 Å². The molecule has 3 aromatic rings. The van der Waals surface area contributed by atoms with Gasteiger partial charge in [0, 0.05) is 40.8 Å². The quantitative estimate of drug-likeness (QED) is 0.322. The van der Waals surface area contributed by atoms with Gasteiger partial charge >= 0.3 is 0 Å². The van der Waals surface area contributed by atoms with Crippen molar-refractivity contribution in [2.24, 2.45) is 0 Å². The lowest BCUT2D eigenvalue weighted by molar-refractivity contribution is -0.126. The third kappa shape index (κ3) is 5.94. The van der Waals surface area contributed by atoms with Crippen molar-refractivity contribution < 1.29 is 9.59 Å². The van der Waals surface area contributed by atoms with Gasteiger partial charge in [0.15, 0.2) is 0 Å². The number of carbonyl (C=O) groups is 2. The summed E-state index contributed by atoms with van der Waals surface area (Å²) in [7, 11) is 0. The molecule has 7 heteroatoms. The average molecular weight is 572 g/mol. The number of piperazine rings is 1. The van der Waals surface area contributed by atoms with Crippen molar-refractivity contribution in [3.63, 3.8) is 0 Å². The molecule has 3 aromatic carbocycles. The van der Waals surface area contributed by atoms with Crippen LogP contribution < -0.4 is 10.2 Å². The molecule has 0 spiro atoms. The van der Waals surface area contributed by atoms with Crippen LogP contribution in [-0.2, 0) is 4.79 Å². The summed E-state index contributed by atoms with van der Waals surface area (Å²) in [5.41, 5.74) is 3.17. The van der Waals surface area contributed by atoms with Crippen molar-refractivity contribution in [1.29, 1.82) is 0 Å². The standard InChI is InChI=1S/C26H23ClIN3O2/c27-20-11-12-24(23(18-20)29-26(33)21-8-4-5-9-22(21)28)30-14-16-31(17-15-30)25(32)13-10-19-6-2-1-3-7-19/h1-13,18H,14-17H2,(H,29,33)/b13-10+. The van der Waals surface area contributed by atoms with Crippen molar-refractivity contribution in [3.8, 4) is 0 Å². The molecule has 0 saturated carbocycles. The van der Waals surface area contributed by atoms with Crippen LogP contribution in [0.5, 0.6) is 0 Å². The van der Waals surface area contributed by atoms with Crippen molar-refractivity contribution in [3.05, 3.63) is 98.6 Å². The second-order valence-electron chi connectivity index (χ2n) is 7.65. The van der Waals surface area contributed by atoms with Gasteiger partial charge in [0.2, 0.25) is 5.91 Å². The van der Waals surface area contributed by atoms with E-state index in [0.29, 0.717) is 42.5 Å². The molecule has 1 heterocycles. The van der Waals surface area contributed by atoms with E-state index in [9.17, 15) is 9.59 Å². The van der Waals surface area contributed by atoms with E-state index < -0.39 is 0 Å². The van der Waals surface area contributed by atoms with Crippen LogP contribution in [0.1, 0.15) is 15.9 Å². The SMILES string of the molecule is O=C(Nc1cc(Cl)ccc1N1CCN(C(=O)/C=C/c2ccccc2)CC1)c1ccccc1I. The van der Waals surface area contributed by atoms with Crippen LogP contribution in [0.2, 0.25) is 5.02 Å². The van der Waals surface area contributed by atoms with Crippen molar-refractivity contribution in [2.45, 2.75) is 0 Å². The lowest BCUT2D eigenvalue weighted by atomic mass is 10.1. The highest BCUT2D eigenvalue weighted by Crippen LogP contribution is 2.31. The summed E-state index contributed by atoms with van der Waals surface area (Å²) in [6.07, 6.45) is 3.47. The maximum Gasteiger partial charge on any atom is 0.256 e. The zero-order valence-electron chi connectivity index (χ0n) is 17.9. The summed E-state index contributed by atoms with van der Waals surface area (Å²) in [6.45, 7) is 2.53. The number of hydrogen-bond donors (Lipinski definition) is 1. The fourth-order valence-corrected chi connectivity index (χ4v) is 4.53. The van der Waals surface area contributed by atoms with E-state index in [2.05, 4.69) is 32.8 Å². The lowest BCUT2D eigenvalue weighted by Crippen LogP contribution is -2.48. The highest BCUT2D eigenvalue weighted by molar-refractivity contribution is 14.1. The summed E-state index contributed by atoms with van der Waals surface area (Å²) in [5, 5.41) is 3.57. The second-order valence-corrected chi connectivity index (χ2v) is 9.25. The molecule has 1 aliphatic rings. The molecule has 0 aromatic heterocycles. The summed E-state index contributed by atoms with van der Waals surface area (Å²) >= 11 is 8.39. The Morgan fingerprint density at radius 2 is 1.61 bits per heavy atom. The van der Waals surface area contributed by atoms with Crippen LogP contribution in [-0.4, -0.2) is 42.9 Å². The van der Waals surface area contributed by atoms with Gasteiger partial charge in [-0.05, 0) is 64.6 Å². The maximum atomic E-state index is 12.9. The molecule has 5 nitrogen and oxygen atoms in total. The molecule has 4 rings (SSSR count). The Labute approximate surface area is 212 Å². The van der Waals surface area contributed by atoms with Gasteiger partial charge in [-0.1, -0.05) is 54.1 Å². The summed E-state index contributed by atoms with van der Waals surface area (Å²) in [4.78, 5) is 29.5. The molecule has 0 radical (unpaired) electrons. The van der Waals surface area contributed by atoms with Crippen LogP contribution >= 0.6 is 34.2 Å². The Kier molecular flexibility index (Phi) is 7.67. The predicted molar refractivity (Wildman–Crippen MR) is 143 cm³/mol. The van der Waals surface area contributed by atoms with Gasteiger partial charge in [-0.3, -0.25) is 9.59 Å². The van der Waals surface area contributed by atoms with Crippen molar-refractivity contribution in [2.75, 3.05) is 36.4 Å². The van der Waals surface area contributed by atoms with Crippen LogP contribution in [0.3, 0.4) is 0 Å². The molecule has 1 saturated heterocycles. The van der Waals surface area contributed by atoms with E-state index in [0.717, 1.165) is 14.8 Å². The number of anilines is 2. The van der Waals surface area contributed by atoms with Crippen LogP contribution in [0.15, 0.2) is 78.9 Å². The minimum Gasteiger partial charge on any atom is -0.366 e. The van der Waals surface area contributed by atoms with Gasteiger partial charge in [-0.15, -0.1) is 0 Å². The summed E-state index contributed by atoms with van der Waals surface area (Å²) < 4.78 is 0.881. The Hall–Kier alpha value is -2.84. The first kappa shape index (κ1) is 23.3. The highest BCUT2D eigenvalue weighted by Gasteiger charge is 2.22. The number of carbonyl (C=O) groups excluding carboxylic acids is 2. The monoisotopic (exact) mass is 571 g/mol. The topological polar surface area (TPSA) is 52.7 Å². The molecule has 1 N–H and O–H groups in total. The zero-order valence-corrected chi connectivity index (χ0v) is 20.8. The number of hydrogen-bond acceptors (Lipinski definition) is 3. The number of amides is 2. The van der Waals surface area contributed by atoms with E-state index >= 15 is 0 Å². The smallest absolute Gasteiger partial charge is 0.256 e. The first-order valence-corrected chi connectivity index (χ1v) is 12.1. The first-order valence-electron chi connectivity index (χ1n) is 10.6. The Balaban J connectivity index is 1.43. The molecule has 1 aliphatic heterocycles. The summed E-state index contributed by atoms with van der Waals surface area (Å²) in [6, 6.07) is 22.7. The minimum atomic E-state index is -0.177. The lowest BCUT2D eigenvalue weighted by Gasteiger charge is -2.36. The predicted octanol–water partition coefficient (Wildman–Crippen LogP) is 5.56. The normalized spacial score (nSPS) is 13.9. The third-order valence-electron chi connectivity index (χ3n) is 5.48. The highest BCUT2D eigenvalue weighted by atomic mass is 127. The Bertz CT molecular complexity index is 1180. The largest absolute Gasteiger partial charge is 0.366 e. The van der Waals surface area contributed by atoms with Crippen LogP contribution in [0.4, 0.5) is 11.4 Å². The minimum absolute atomic E-state index is 0.00166. The fourth-order valence-electron chi connectivity index (χ4n) is 3.72. The number of benzene rings is 3. The number of nitrogens with zero attached hydrogens (tertiary/aromatic N) is 2. The number of nitrogens with one attached hydrogen (secondary N) is 1. The fraction of sp³-hybridized carbons (Fsp3) is 0.154. The van der Waals surface area contributed by atoms with Gasteiger partial charge in [-0.25, -0.2) is 0 Å². The molecule has 0 unspecified atom stereocenters. The van der Waals surface area contributed by atoms with Gasteiger partial charge in [0.05, 0.1) is 16.9 Å². The van der Waals surface area contributed by atoms with E-state index in [1.807, 2.05) is 71.6 Å². The van der Waals surface area contributed by atoms with Gasteiger partial charge in [-0.2, -0.15) is 0 Å². The van der Waals surface area contributed by atoms with Crippen molar-refractivity contribution in [1.82, 2.24) is 4.90 Å². The molecule has 168 valence electrons. The number of halogens is 2. The third-order valence-corrected chi connectivity index (χ3v) is 6.65. The molecule has 0 bridgehead atoms. The molecule has 0 aliphatic carbocycles. The van der Waals surface area contributed by atoms with E-state index in [1.54, 1.807) is 18.2 Å². The van der Waals surface area contributed by atoms with E-state index in [4.69, 9.17) is 11.6 Å². The molecular formula is C26H23ClIN3O2. The summed E-state index contributed by atoms with van der Waals surface area (Å²) in [5.74, 6) is -0.176. The van der Waals surface area contributed by atoms with E-state index in [1.165, 1.54) is 0 Å². The van der Waals surface area contributed by atoms with Gasteiger partial charge in [0.1, 0.15) is 0 Å². The van der Waals surface area contributed by atoms with E-state index in [-0.39, 0.29) is 11.8 Å². The van der Waals surface area contributed by atoms with Gasteiger partial charge in [0.25, 0.3) is 5.91 Å². The molecule has 0 atom stereocenters. The molecular weight excluding hydrogens is 549 g/mol. The Morgan fingerprint density at radius 3 is 2.33 bits per heavy atom. The maximum absolute atomic E-state index is 12.9.